The zero-order chi connectivity index (χ0) is 12.7. The molecule has 1 amide bonds. The van der Waals surface area contributed by atoms with E-state index in [0.717, 1.165) is 18.6 Å². The Balaban J connectivity index is 2.15. The van der Waals surface area contributed by atoms with E-state index < -0.39 is 0 Å². The minimum absolute atomic E-state index is 0.0469. The molecule has 0 saturated heterocycles. The summed E-state index contributed by atoms with van der Waals surface area (Å²) in [7, 11) is 0. The molecule has 2 N–H and O–H groups in total. The van der Waals surface area contributed by atoms with Crippen LogP contribution in [0.3, 0.4) is 0 Å². The van der Waals surface area contributed by atoms with E-state index in [1.165, 1.54) is 0 Å². The lowest BCUT2D eigenvalue weighted by Gasteiger charge is -2.14. The topological polar surface area (TPSA) is 54.3 Å². The number of aryl methyl sites for hydroxylation is 1. The van der Waals surface area contributed by atoms with Crippen LogP contribution in [0, 0.1) is 0 Å². The lowest BCUT2D eigenvalue weighted by Crippen LogP contribution is -2.41. The second-order valence-electron chi connectivity index (χ2n) is 4.62. The Morgan fingerprint density at radius 3 is 2.76 bits per heavy atom. The van der Waals surface area contributed by atoms with Gasteiger partial charge in [-0.3, -0.25) is 4.79 Å². The molecule has 1 atom stereocenters. The predicted octanol–water partition coefficient (Wildman–Crippen LogP) is 1.71. The van der Waals surface area contributed by atoms with Gasteiger partial charge in [-0.25, -0.2) is 0 Å². The highest BCUT2D eigenvalue weighted by atomic mass is 16.3. The zero-order valence-corrected chi connectivity index (χ0v) is 10.8. The largest absolute Gasteiger partial charge is 0.469 e. The molecule has 0 radical (unpaired) electrons. The fourth-order valence-corrected chi connectivity index (χ4v) is 1.51. The van der Waals surface area contributed by atoms with Crippen LogP contribution in [-0.4, -0.2) is 24.5 Å². The maximum absolute atomic E-state index is 11.5. The van der Waals surface area contributed by atoms with E-state index in [-0.39, 0.29) is 11.9 Å². The predicted molar refractivity (Wildman–Crippen MR) is 67.8 cm³/mol. The monoisotopic (exact) mass is 238 g/mol. The Hall–Kier alpha value is -1.29. The van der Waals surface area contributed by atoms with Crippen LogP contribution in [0.4, 0.5) is 0 Å². The van der Waals surface area contributed by atoms with Crippen molar-refractivity contribution in [2.45, 2.75) is 45.7 Å². The number of carbonyl (C=O) groups is 1. The molecule has 1 rings (SSSR count). The van der Waals surface area contributed by atoms with E-state index in [1.54, 1.807) is 6.26 Å². The number of hydrogen-bond acceptors (Lipinski definition) is 3. The number of amides is 1. The van der Waals surface area contributed by atoms with Gasteiger partial charge in [0.05, 0.1) is 12.8 Å². The van der Waals surface area contributed by atoms with Gasteiger partial charge in [0.1, 0.15) is 5.76 Å². The van der Waals surface area contributed by atoms with E-state index >= 15 is 0 Å². The zero-order valence-electron chi connectivity index (χ0n) is 10.8. The summed E-state index contributed by atoms with van der Waals surface area (Å²) in [6.45, 7) is 6.43. The molecule has 0 spiro atoms. The molecule has 0 aliphatic rings. The molecule has 96 valence electrons. The van der Waals surface area contributed by atoms with Crippen molar-refractivity contribution in [2.24, 2.45) is 0 Å². The van der Waals surface area contributed by atoms with Crippen LogP contribution in [0.25, 0.3) is 0 Å². The lowest BCUT2D eigenvalue weighted by molar-refractivity contribution is -0.121. The summed E-state index contributed by atoms with van der Waals surface area (Å²) in [6.07, 6.45) is 3.41. The molecule has 1 unspecified atom stereocenters. The maximum atomic E-state index is 11.5. The average molecular weight is 238 g/mol. The third kappa shape index (κ3) is 6.12. The van der Waals surface area contributed by atoms with Crippen molar-refractivity contribution in [2.75, 3.05) is 6.54 Å². The van der Waals surface area contributed by atoms with Gasteiger partial charge in [0.25, 0.3) is 0 Å². The fraction of sp³-hybridized carbons (Fsp3) is 0.615. The molecule has 1 aromatic rings. The fourth-order valence-electron chi connectivity index (χ4n) is 1.51. The number of nitrogens with one attached hydrogen (secondary N) is 2. The molecule has 1 aromatic heterocycles. The summed E-state index contributed by atoms with van der Waals surface area (Å²) in [6, 6.07) is 4.33. The minimum atomic E-state index is 0.0469. The van der Waals surface area contributed by atoms with Crippen LogP contribution in [0.1, 0.15) is 33.0 Å². The van der Waals surface area contributed by atoms with Gasteiger partial charge in [-0.1, -0.05) is 13.8 Å². The van der Waals surface area contributed by atoms with Crippen molar-refractivity contribution < 1.29 is 9.21 Å². The summed E-state index contributed by atoms with van der Waals surface area (Å²) in [5.41, 5.74) is 0. The number of hydrogen-bond donors (Lipinski definition) is 2. The Kier molecular flexibility index (Phi) is 5.77. The van der Waals surface area contributed by atoms with Crippen molar-refractivity contribution >= 4 is 5.91 Å². The molecule has 0 fully saturated rings. The molecule has 4 heteroatoms. The molecule has 0 aliphatic carbocycles. The van der Waals surface area contributed by atoms with E-state index in [0.29, 0.717) is 12.6 Å². The third-order valence-electron chi connectivity index (χ3n) is 2.48. The van der Waals surface area contributed by atoms with E-state index in [4.69, 9.17) is 4.42 Å². The first-order valence-electron chi connectivity index (χ1n) is 6.13. The highest BCUT2D eigenvalue weighted by molar-refractivity contribution is 5.78. The third-order valence-corrected chi connectivity index (χ3v) is 2.48. The van der Waals surface area contributed by atoms with Gasteiger partial charge in [-0.15, -0.1) is 0 Å². The normalized spacial score (nSPS) is 12.7. The quantitative estimate of drug-likeness (QED) is 0.760. The highest BCUT2D eigenvalue weighted by Crippen LogP contribution is 2.05. The molecular weight excluding hydrogens is 216 g/mol. The Morgan fingerprint density at radius 2 is 2.18 bits per heavy atom. The molecular formula is C13H22N2O2. The SMILES string of the molecule is CC(C)NCC(=O)NC(C)CCc1ccco1. The van der Waals surface area contributed by atoms with Crippen molar-refractivity contribution in [3.05, 3.63) is 24.2 Å². The summed E-state index contributed by atoms with van der Waals surface area (Å²) in [5, 5.41) is 6.04. The van der Waals surface area contributed by atoms with Gasteiger partial charge in [0.2, 0.25) is 5.91 Å². The van der Waals surface area contributed by atoms with Crippen LogP contribution in [0.2, 0.25) is 0 Å². The number of carbonyl (C=O) groups excluding carboxylic acids is 1. The molecule has 0 aromatic carbocycles. The summed E-state index contributed by atoms with van der Waals surface area (Å²) >= 11 is 0. The summed E-state index contributed by atoms with van der Waals surface area (Å²) in [4.78, 5) is 11.5. The van der Waals surface area contributed by atoms with Gasteiger partial charge in [0, 0.05) is 18.5 Å². The van der Waals surface area contributed by atoms with Gasteiger partial charge < -0.3 is 15.1 Å². The van der Waals surface area contributed by atoms with Crippen LogP contribution >= 0.6 is 0 Å². The Labute approximate surface area is 103 Å². The first-order chi connectivity index (χ1) is 8.08. The maximum Gasteiger partial charge on any atom is 0.234 e. The average Bonchev–Trinajstić information content (AvgIpc) is 2.76. The number of furan rings is 1. The summed E-state index contributed by atoms with van der Waals surface area (Å²) in [5.74, 6) is 1.01. The molecule has 4 nitrogen and oxygen atoms in total. The van der Waals surface area contributed by atoms with E-state index in [1.807, 2.05) is 32.9 Å². The van der Waals surface area contributed by atoms with Gasteiger partial charge in [-0.05, 0) is 25.5 Å². The van der Waals surface area contributed by atoms with E-state index in [2.05, 4.69) is 10.6 Å². The highest BCUT2D eigenvalue weighted by Gasteiger charge is 2.08. The van der Waals surface area contributed by atoms with Crippen LogP contribution in [-0.2, 0) is 11.2 Å². The second kappa shape index (κ2) is 7.12. The number of rotatable bonds is 7. The Morgan fingerprint density at radius 1 is 1.41 bits per heavy atom. The smallest absolute Gasteiger partial charge is 0.234 e. The van der Waals surface area contributed by atoms with Gasteiger partial charge in [-0.2, -0.15) is 0 Å². The minimum Gasteiger partial charge on any atom is -0.469 e. The Bertz CT molecular complexity index is 320. The molecule has 0 saturated carbocycles. The lowest BCUT2D eigenvalue weighted by atomic mass is 10.1. The van der Waals surface area contributed by atoms with Crippen molar-refractivity contribution in [1.29, 1.82) is 0 Å². The second-order valence-corrected chi connectivity index (χ2v) is 4.62. The van der Waals surface area contributed by atoms with Crippen molar-refractivity contribution in [1.82, 2.24) is 10.6 Å². The first-order valence-corrected chi connectivity index (χ1v) is 6.13. The van der Waals surface area contributed by atoms with Crippen LogP contribution in [0.15, 0.2) is 22.8 Å². The molecule has 1 heterocycles. The van der Waals surface area contributed by atoms with E-state index in [9.17, 15) is 4.79 Å². The standard InChI is InChI=1S/C13H22N2O2/c1-10(2)14-9-13(16)15-11(3)6-7-12-5-4-8-17-12/h4-5,8,10-11,14H,6-7,9H2,1-3H3,(H,15,16). The van der Waals surface area contributed by atoms with Crippen LogP contribution in [0.5, 0.6) is 0 Å². The van der Waals surface area contributed by atoms with Crippen LogP contribution < -0.4 is 10.6 Å². The molecule has 0 bridgehead atoms. The van der Waals surface area contributed by atoms with Gasteiger partial charge in [0.15, 0.2) is 0 Å². The molecule has 17 heavy (non-hydrogen) atoms. The molecule has 0 aliphatic heterocycles. The van der Waals surface area contributed by atoms with Crippen molar-refractivity contribution in [3.63, 3.8) is 0 Å². The summed E-state index contributed by atoms with van der Waals surface area (Å²) < 4.78 is 5.24. The van der Waals surface area contributed by atoms with Crippen molar-refractivity contribution in [3.8, 4) is 0 Å². The first kappa shape index (κ1) is 13.8. The van der Waals surface area contributed by atoms with Gasteiger partial charge >= 0.3 is 0 Å².